The van der Waals surface area contributed by atoms with Crippen LogP contribution in [0.25, 0.3) is 11.6 Å². The Bertz CT molecular complexity index is 942. The number of esters is 1. The molecule has 4 rings (SSSR count). The number of aromatic nitrogens is 5. The van der Waals surface area contributed by atoms with E-state index in [2.05, 4.69) is 20.9 Å². The standard InChI is InChI=1S/C18H13N5O2/c24-18(15-5-1-2-6-15)25-13-14-11-16(22-9-3-7-19-22)21-17(12-14)23-10-4-8-20-23/h1-5,7-12H,13H2. The highest BCUT2D eigenvalue weighted by atomic mass is 16.5. The topological polar surface area (TPSA) is 74.8 Å². The summed E-state index contributed by atoms with van der Waals surface area (Å²) in [5.41, 5.74) is 4.02. The number of ether oxygens (including phenoxy) is 1. The molecule has 7 nitrogen and oxygen atoms in total. The highest BCUT2D eigenvalue weighted by Crippen LogP contribution is 2.15. The lowest BCUT2D eigenvalue weighted by Crippen LogP contribution is -2.09. The van der Waals surface area contributed by atoms with Gasteiger partial charge in [0, 0.05) is 24.8 Å². The Morgan fingerprint density at radius 2 is 1.76 bits per heavy atom. The summed E-state index contributed by atoms with van der Waals surface area (Å²) >= 11 is 0. The quantitative estimate of drug-likeness (QED) is 0.529. The van der Waals surface area contributed by atoms with E-state index in [1.54, 1.807) is 52.4 Å². The van der Waals surface area contributed by atoms with Crippen molar-refractivity contribution in [3.8, 4) is 11.6 Å². The molecule has 122 valence electrons. The molecule has 0 bridgehead atoms. The Hall–Kier alpha value is -3.70. The lowest BCUT2D eigenvalue weighted by Gasteiger charge is -2.10. The van der Waals surface area contributed by atoms with E-state index in [1.807, 2.05) is 24.3 Å². The van der Waals surface area contributed by atoms with Crippen molar-refractivity contribution in [3.05, 3.63) is 84.1 Å². The highest BCUT2D eigenvalue weighted by molar-refractivity contribution is 5.92. The van der Waals surface area contributed by atoms with Gasteiger partial charge in [-0.05, 0) is 42.0 Å². The number of nitrogens with zero attached hydrogens (tertiary/aromatic N) is 5. The highest BCUT2D eigenvalue weighted by Gasteiger charge is 2.12. The lowest BCUT2D eigenvalue weighted by molar-refractivity contribution is -0.139. The molecule has 0 fully saturated rings. The minimum Gasteiger partial charge on any atom is -0.457 e. The van der Waals surface area contributed by atoms with E-state index in [4.69, 9.17) is 4.74 Å². The average molecular weight is 331 g/mol. The second-order valence-corrected chi connectivity index (χ2v) is 5.25. The van der Waals surface area contributed by atoms with Crippen LogP contribution in [0.5, 0.6) is 0 Å². The maximum absolute atomic E-state index is 12.0. The van der Waals surface area contributed by atoms with Crippen LogP contribution in [0.15, 0.2) is 78.6 Å². The van der Waals surface area contributed by atoms with E-state index >= 15 is 0 Å². The van der Waals surface area contributed by atoms with Crippen LogP contribution in [-0.4, -0.2) is 30.5 Å². The Labute approximate surface area is 143 Å². The van der Waals surface area contributed by atoms with Crippen LogP contribution in [0.3, 0.4) is 0 Å². The molecule has 0 spiro atoms. The number of carbonyl (C=O) groups is 1. The number of rotatable bonds is 5. The molecule has 0 saturated heterocycles. The van der Waals surface area contributed by atoms with Crippen molar-refractivity contribution in [1.29, 1.82) is 0 Å². The van der Waals surface area contributed by atoms with Crippen molar-refractivity contribution < 1.29 is 9.53 Å². The summed E-state index contributed by atoms with van der Waals surface area (Å²) in [6, 6.07) is 7.27. The third-order valence-electron chi connectivity index (χ3n) is 3.52. The number of allylic oxidation sites excluding steroid dienone is 1. The molecule has 0 unspecified atom stereocenters. The minimum absolute atomic E-state index is 0.114. The summed E-state index contributed by atoms with van der Waals surface area (Å²) in [6.45, 7) is 0.114. The predicted molar refractivity (Wildman–Crippen MR) is 89.0 cm³/mol. The molecule has 3 aromatic heterocycles. The average Bonchev–Trinajstić information content (AvgIpc) is 3.42. The molecule has 1 aliphatic carbocycles. The summed E-state index contributed by atoms with van der Waals surface area (Å²) in [5.74, 6) is 0.816. The van der Waals surface area contributed by atoms with Crippen molar-refractivity contribution >= 4 is 5.97 Å². The minimum atomic E-state index is -0.414. The lowest BCUT2D eigenvalue weighted by atomic mass is 10.2. The van der Waals surface area contributed by atoms with Gasteiger partial charge in [0.2, 0.25) is 0 Å². The van der Waals surface area contributed by atoms with E-state index in [0.717, 1.165) is 5.56 Å². The molecule has 0 aromatic carbocycles. The van der Waals surface area contributed by atoms with Gasteiger partial charge in [0.25, 0.3) is 0 Å². The summed E-state index contributed by atoms with van der Waals surface area (Å²) in [5, 5.41) is 8.40. The van der Waals surface area contributed by atoms with Crippen molar-refractivity contribution in [2.24, 2.45) is 0 Å². The molecule has 0 N–H and O–H groups in total. The molecule has 3 aromatic rings. The van der Waals surface area contributed by atoms with Gasteiger partial charge in [0.05, 0.1) is 0 Å². The summed E-state index contributed by atoms with van der Waals surface area (Å²) in [6.07, 6.45) is 12.0. The number of hydrogen-bond donors (Lipinski definition) is 0. The van der Waals surface area contributed by atoms with Crippen LogP contribution in [0.2, 0.25) is 0 Å². The molecule has 0 radical (unpaired) electrons. The van der Waals surface area contributed by atoms with Crippen molar-refractivity contribution in [3.63, 3.8) is 0 Å². The molecule has 1 aliphatic rings. The normalized spacial score (nSPS) is 12.4. The molecule has 0 aliphatic heterocycles. The van der Waals surface area contributed by atoms with Gasteiger partial charge < -0.3 is 4.74 Å². The van der Waals surface area contributed by atoms with E-state index in [9.17, 15) is 4.79 Å². The zero-order valence-electron chi connectivity index (χ0n) is 13.1. The maximum Gasteiger partial charge on any atom is 0.346 e. The van der Waals surface area contributed by atoms with Crippen LogP contribution in [0.4, 0.5) is 0 Å². The number of pyridine rings is 1. The van der Waals surface area contributed by atoms with Crippen LogP contribution >= 0.6 is 0 Å². The fourth-order valence-corrected chi connectivity index (χ4v) is 2.37. The van der Waals surface area contributed by atoms with Crippen molar-refractivity contribution in [1.82, 2.24) is 24.5 Å². The van der Waals surface area contributed by atoms with Gasteiger partial charge in [0.15, 0.2) is 11.6 Å². The van der Waals surface area contributed by atoms with Crippen molar-refractivity contribution in [2.45, 2.75) is 6.61 Å². The van der Waals surface area contributed by atoms with Gasteiger partial charge in [-0.25, -0.2) is 19.1 Å². The molecular weight excluding hydrogens is 318 g/mol. The van der Waals surface area contributed by atoms with Crippen LogP contribution in [-0.2, 0) is 16.1 Å². The molecule has 0 atom stereocenters. The van der Waals surface area contributed by atoms with Gasteiger partial charge >= 0.3 is 5.97 Å². The van der Waals surface area contributed by atoms with Gasteiger partial charge in [-0.2, -0.15) is 10.2 Å². The van der Waals surface area contributed by atoms with Gasteiger partial charge in [-0.1, -0.05) is 6.08 Å². The Kier molecular flexibility index (Phi) is 3.82. The van der Waals surface area contributed by atoms with Gasteiger partial charge in [-0.3, -0.25) is 0 Å². The maximum atomic E-state index is 12.0. The molecule has 0 amide bonds. The second-order valence-electron chi connectivity index (χ2n) is 5.25. The molecule has 25 heavy (non-hydrogen) atoms. The zero-order valence-corrected chi connectivity index (χ0v) is 13.1. The van der Waals surface area contributed by atoms with Gasteiger partial charge in [0.1, 0.15) is 12.2 Å². The van der Waals surface area contributed by atoms with Crippen LogP contribution < -0.4 is 0 Å². The Morgan fingerprint density at radius 3 is 2.28 bits per heavy atom. The molecule has 3 heterocycles. The molecule has 0 saturated carbocycles. The summed E-state index contributed by atoms with van der Waals surface area (Å²) in [7, 11) is 0. The fourth-order valence-electron chi connectivity index (χ4n) is 2.37. The van der Waals surface area contributed by atoms with E-state index < -0.39 is 5.97 Å². The van der Waals surface area contributed by atoms with Crippen LogP contribution in [0, 0.1) is 0 Å². The van der Waals surface area contributed by atoms with E-state index in [0.29, 0.717) is 17.2 Å². The monoisotopic (exact) mass is 331 g/mol. The van der Waals surface area contributed by atoms with E-state index in [-0.39, 0.29) is 6.61 Å². The number of carbonyl (C=O) groups excluding carboxylic acids is 1. The summed E-state index contributed by atoms with van der Waals surface area (Å²) in [4.78, 5) is 16.6. The van der Waals surface area contributed by atoms with Crippen LogP contribution in [0.1, 0.15) is 5.56 Å². The third-order valence-corrected chi connectivity index (χ3v) is 3.52. The SMILES string of the molecule is O=C(OCc1cc(-n2cccn2)nc(-n2cccn2)c1)C1=C=CC=C1. The largest absolute Gasteiger partial charge is 0.457 e. The summed E-state index contributed by atoms with van der Waals surface area (Å²) < 4.78 is 8.64. The number of hydrogen-bond acceptors (Lipinski definition) is 5. The third kappa shape index (κ3) is 3.17. The first-order chi connectivity index (χ1) is 12.3. The van der Waals surface area contributed by atoms with Crippen molar-refractivity contribution in [2.75, 3.05) is 0 Å². The molecule has 7 heteroatoms. The smallest absolute Gasteiger partial charge is 0.346 e. The fraction of sp³-hybridized carbons (Fsp3) is 0.0556. The molecular formula is C18H13N5O2. The zero-order chi connectivity index (χ0) is 17.1. The first-order valence-electron chi connectivity index (χ1n) is 7.61. The van der Waals surface area contributed by atoms with Gasteiger partial charge in [-0.15, -0.1) is 5.73 Å². The first-order valence-corrected chi connectivity index (χ1v) is 7.61. The Balaban J connectivity index is 1.63. The van der Waals surface area contributed by atoms with E-state index in [1.165, 1.54) is 0 Å². The second kappa shape index (κ2) is 6.43. The Morgan fingerprint density at radius 1 is 1.08 bits per heavy atom. The first kappa shape index (κ1) is 14.9. The predicted octanol–water partition coefficient (Wildman–Crippen LogP) is 2.15.